The number of aromatic nitrogens is 1. The van der Waals surface area contributed by atoms with E-state index in [4.69, 9.17) is 4.74 Å². The summed E-state index contributed by atoms with van der Waals surface area (Å²) in [6, 6.07) is 0. The molecule has 1 aliphatic rings. The van der Waals surface area contributed by atoms with Gasteiger partial charge >= 0.3 is 5.97 Å². The molecule has 0 unspecified atom stereocenters. The van der Waals surface area contributed by atoms with Crippen molar-refractivity contribution in [1.82, 2.24) is 4.98 Å². The van der Waals surface area contributed by atoms with E-state index < -0.39 is 0 Å². The summed E-state index contributed by atoms with van der Waals surface area (Å²) >= 11 is 1.61. The van der Waals surface area contributed by atoms with Gasteiger partial charge in [0.1, 0.15) is 0 Å². The van der Waals surface area contributed by atoms with Gasteiger partial charge < -0.3 is 9.64 Å². The van der Waals surface area contributed by atoms with E-state index in [9.17, 15) is 4.79 Å². The van der Waals surface area contributed by atoms with Crippen molar-refractivity contribution < 1.29 is 9.53 Å². The Morgan fingerprint density at radius 3 is 2.90 bits per heavy atom. The number of carbonyl (C=O) groups is 1. The lowest BCUT2D eigenvalue weighted by Crippen LogP contribution is -2.26. The monoisotopic (exact) mass is 296 g/mol. The van der Waals surface area contributed by atoms with Gasteiger partial charge in [0.25, 0.3) is 0 Å². The minimum Gasteiger partial charge on any atom is -0.466 e. The molecule has 112 valence electrons. The first kappa shape index (κ1) is 15.3. The predicted octanol–water partition coefficient (Wildman–Crippen LogP) is 3.27. The zero-order chi connectivity index (χ0) is 14.4. The SMILES string of the molecule is CCOC(=O)Cc1csc(N(C)CC2CCCCC2)n1. The molecule has 0 aromatic carbocycles. The molecule has 0 atom stereocenters. The van der Waals surface area contributed by atoms with Gasteiger partial charge in [-0.2, -0.15) is 0 Å². The molecule has 20 heavy (non-hydrogen) atoms. The lowest BCUT2D eigenvalue weighted by Gasteiger charge is -2.26. The van der Waals surface area contributed by atoms with Crippen LogP contribution in [-0.2, 0) is 16.0 Å². The second-order valence-corrected chi connectivity index (χ2v) is 6.32. The average Bonchev–Trinajstić information content (AvgIpc) is 2.88. The third-order valence-electron chi connectivity index (χ3n) is 3.75. The van der Waals surface area contributed by atoms with Crippen molar-refractivity contribution in [2.75, 3.05) is 25.1 Å². The van der Waals surface area contributed by atoms with Crippen LogP contribution < -0.4 is 4.90 Å². The maximum absolute atomic E-state index is 11.4. The Balaban J connectivity index is 1.85. The number of thiazole rings is 1. The van der Waals surface area contributed by atoms with E-state index in [-0.39, 0.29) is 12.4 Å². The van der Waals surface area contributed by atoms with Gasteiger partial charge in [0.15, 0.2) is 5.13 Å². The number of carbonyl (C=O) groups excluding carboxylic acids is 1. The Morgan fingerprint density at radius 2 is 2.20 bits per heavy atom. The molecule has 1 aromatic rings. The molecule has 0 amide bonds. The molecular weight excluding hydrogens is 272 g/mol. The summed E-state index contributed by atoms with van der Waals surface area (Å²) in [6.07, 6.45) is 7.08. The van der Waals surface area contributed by atoms with Crippen molar-refractivity contribution in [3.63, 3.8) is 0 Å². The first-order chi connectivity index (χ1) is 9.69. The largest absolute Gasteiger partial charge is 0.466 e. The Labute approximate surface area is 125 Å². The van der Waals surface area contributed by atoms with Gasteiger partial charge in [0.05, 0.1) is 18.7 Å². The molecule has 0 N–H and O–H groups in total. The maximum Gasteiger partial charge on any atom is 0.311 e. The summed E-state index contributed by atoms with van der Waals surface area (Å²) < 4.78 is 4.95. The predicted molar refractivity (Wildman–Crippen MR) is 82.3 cm³/mol. The van der Waals surface area contributed by atoms with Crippen LogP contribution in [0, 0.1) is 5.92 Å². The normalized spacial score (nSPS) is 16.1. The number of nitrogens with zero attached hydrogens (tertiary/aromatic N) is 2. The van der Waals surface area contributed by atoms with Crippen LogP contribution in [0.25, 0.3) is 0 Å². The van der Waals surface area contributed by atoms with Gasteiger partial charge in [0.2, 0.25) is 0 Å². The van der Waals surface area contributed by atoms with Crippen LogP contribution in [0.15, 0.2) is 5.38 Å². The van der Waals surface area contributed by atoms with Crippen molar-refractivity contribution in [2.24, 2.45) is 5.92 Å². The van der Waals surface area contributed by atoms with Crippen LogP contribution in [0.4, 0.5) is 5.13 Å². The van der Waals surface area contributed by atoms with Crippen molar-refractivity contribution in [1.29, 1.82) is 0 Å². The fourth-order valence-corrected chi connectivity index (χ4v) is 3.55. The number of anilines is 1. The van der Waals surface area contributed by atoms with Crippen LogP contribution in [0.1, 0.15) is 44.7 Å². The molecule has 0 aliphatic heterocycles. The molecule has 0 spiro atoms. The summed E-state index contributed by atoms with van der Waals surface area (Å²) in [4.78, 5) is 18.2. The minimum atomic E-state index is -0.195. The molecular formula is C15H24N2O2S. The first-order valence-electron chi connectivity index (χ1n) is 7.50. The molecule has 2 rings (SSSR count). The van der Waals surface area contributed by atoms with Gasteiger partial charge in [-0.3, -0.25) is 4.79 Å². The van der Waals surface area contributed by atoms with Crippen molar-refractivity contribution in [3.05, 3.63) is 11.1 Å². The van der Waals surface area contributed by atoms with Crippen LogP contribution in [0.2, 0.25) is 0 Å². The van der Waals surface area contributed by atoms with Crippen LogP contribution in [-0.4, -0.2) is 31.2 Å². The summed E-state index contributed by atoms with van der Waals surface area (Å²) in [5.74, 6) is 0.602. The third kappa shape index (κ3) is 4.47. The Morgan fingerprint density at radius 1 is 1.45 bits per heavy atom. The summed E-state index contributed by atoms with van der Waals surface area (Å²) in [7, 11) is 2.10. The lowest BCUT2D eigenvalue weighted by atomic mass is 9.89. The van der Waals surface area contributed by atoms with Crippen LogP contribution in [0.3, 0.4) is 0 Å². The zero-order valence-electron chi connectivity index (χ0n) is 12.4. The number of rotatable bonds is 6. The van der Waals surface area contributed by atoms with E-state index in [0.29, 0.717) is 6.61 Å². The molecule has 1 saturated carbocycles. The van der Waals surface area contributed by atoms with E-state index in [1.165, 1.54) is 32.1 Å². The molecule has 0 saturated heterocycles. The van der Waals surface area contributed by atoms with E-state index in [0.717, 1.165) is 23.3 Å². The topological polar surface area (TPSA) is 42.4 Å². The Bertz CT molecular complexity index is 427. The third-order valence-corrected chi connectivity index (χ3v) is 4.76. The molecule has 1 aromatic heterocycles. The smallest absolute Gasteiger partial charge is 0.311 e. The first-order valence-corrected chi connectivity index (χ1v) is 8.38. The summed E-state index contributed by atoms with van der Waals surface area (Å²) in [5.41, 5.74) is 0.818. The maximum atomic E-state index is 11.4. The number of hydrogen-bond donors (Lipinski definition) is 0. The van der Waals surface area contributed by atoms with Gasteiger partial charge in [-0.15, -0.1) is 11.3 Å². The molecule has 5 heteroatoms. The molecule has 1 aliphatic carbocycles. The molecule has 1 heterocycles. The summed E-state index contributed by atoms with van der Waals surface area (Å²) in [6.45, 7) is 3.33. The Kier molecular flexibility index (Phi) is 5.83. The van der Waals surface area contributed by atoms with E-state index in [2.05, 4.69) is 16.9 Å². The van der Waals surface area contributed by atoms with Crippen molar-refractivity contribution in [3.8, 4) is 0 Å². The fourth-order valence-electron chi connectivity index (χ4n) is 2.75. The highest BCUT2D eigenvalue weighted by molar-refractivity contribution is 7.13. The van der Waals surface area contributed by atoms with Crippen LogP contribution >= 0.6 is 11.3 Å². The Hall–Kier alpha value is -1.10. The standard InChI is InChI=1S/C15H24N2O2S/c1-3-19-14(18)9-13-11-20-15(16-13)17(2)10-12-7-5-4-6-8-12/h11-12H,3-10H2,1-2H3. The highest BCUT2D eigenvalue weighted by Gasteiger charge is 2.17. The number of esters is 1. The van der Waals surface area contributed by atoms with E-state index in [1.54, 1.807) is 11.3 Å². The second kappa shape index (κ2) is 7.62. The van der Waals surface area contributed by atoms with Gasteiger partial charge in [-0.1, -0.05) is 19.3 Å². The van der Waals surface area contributed by atoms with E-state index in [1.807, 2.05) is 12.3 Å². The number of hydrogen-bond acceptors (Lipinski definition) is 5. The molecule has 0 bridgehead atoms. The van der Waals surface area contributed by atoms with Gasteiger partial charge in [-0.05, 0) is 25.7 Å². The molecule has 0 radical (unpaired) electrons. The van der Waals surface area contributed by atoms with Crippen molar-refractivity contribution >= 4 is 22.4 Å². The summed E-state index contributed by atoms with van der Waals surface area (Å²) in [5, 5.41) is 2.97. The van der Waals surface area contributed by atoms with Crippen LogP contribution in [0.5, 0.6) is 0 Å². The van der Waals surface area contributed by atoms with E-state index >= 15 is 0 Å². The average molecular weight is 296 g/mol. The molecule has 4 nitrogen and oxygen atoms in total. The van der Waals surface area contributed by atoms with Gasteiger partial charge in [-0.25, -0.2) is 4.98 Å². The quantitative estimate of drug-likeness (QED) is 0.756. The number of ether oxygens (including phenoxy) is 1. The zero-order valence-corrected chi connectivity index (χ0v) is 13.2. The van der Waals surface area contributed by atoms with Gasteiger partial charge in [0, 0.05) is 19.0 Å². The highest BCUT2D eigenvalue weighted by Crippen LogP contribution is 2.27. The second-order valence-electron chi connectivity index (χ2n) is 5.49. The minimum absolute atomic E-state index is 0.195. The molecule has 1 fully saturated rings. The fraction of sp³-hybridized carbons (Fsp3) is 0.733. The lowest BCUT2D eigenvalue weighted by molar-refractivity contribution is -0.142. The van der Waals surface area contributed by atoms with Crippen molar-refractivity contribution in [2.45, 2.75) is 45.4 Å². The highest BCUT2D eigenvalue weighted by atomic mass is 32.1.